The molecule has 0 saturated carbocycles. The van der Waals surface area contributed by atoms with Crippen LogP contribution in [0.2, 0.25) is 0 Å². The fraction of sp³-hybridized carbons (Fsp3) is 0.650. The smallest absolute Gasteiger partial charge is 0.315 e. The zero-order chi connectivity index (χ0) is 18.2. The Morgan fingerprint density at radius 3 is 2.85 bits per heavy atom. The molecule has 0 unspecified atom stereocenters. The number of benzene rings is 1. The summed E-state index contributed by atoms with van der Waals surface area (Å²) in [4.78, 5) is 14.7. The predicted octanol–water partition coefficient (Wildman–Crippen LogP) is 2.56. The monoisotopic (exact) mass is 361 g/mol. The number of amides is 2. The summed E-state index contributed by atoms with van der Waals surface area (Å²) >= 11 is 0. The number of hydrogen-bond acceptors (Lipinski definition) is 4. The van der Waals surface area contributed by atoms with E-state index in [4.69, 9.17) is 9.47 Å². The van der Waals surface area contributed by atoms with E-state index in [0.717, 1.165) is 36.4 Å². The second-order valence-electron chi connectivity index (χ2n) is 7.20. The Morgan fingerprint density at radius 1 is 1.27 bits per heavy atom. The van der Waals surface area contributed by atoms with Crippen molar-refractivity contribution in [3.63, 3.8) is 0 Å². The number of carbonyl (C=O) groups excluding carboxylic acids is 1. The normalized spacial score (nSPS) is 20.4. The summed E-state index contributed by atoms with van der Waals surface area (Å²) in [6.45, 7) is 4.68. The van der Waals surface area contributed by atoms with E-state index >= 15 is 0 Å². The van der Waals surface area contributed by atoms with Crippen LogP contribution in [-0.4, -0.2) is 56.9 Å². The van der Waals surface area contributed by atoms with Crippen molar-refractivity contribution in [2.45, 2.75) is 44.6 Å². The number of nitrogens with zero attached hydrogens (tertiary/aromatic N) is 1. The van der Waals surface area contributed by atoms with Gasteiger partial charge in [0.25, 0.3) is 0 Å². The van der Waals surface area contributed by atoms with Crippen LogP contribution in [0.4, 0.5) is 4.79 Å². The van der Waals surface area contributed by atoms with Crippen LogP contribution in [-0.2, 0) is 6.42 Å². The van der Waals surface area contributed by atoms with Crippen molar-refractivity contribution in [3.05, 3.63) is 23.8 Å². The third-order valence-corrected chi connectivity index (χ3v) is 5.14. The third-order valence-electron chi connectivity index (χ3n) is 5.14. The quantitative estimate of drug-likeness (QED) is 0.765. The lowest BCUT2D eigenvalue weighted by atomic mass is 10.0. The minimum atomic E-state index is -0.110. The summed E-state index contributed by atoms with van der Waals surface area (Å²) in [6, 6.07) is 5.67. The van der Waals surface area contributed by atoms with Crippen LogP contribution in [0.3, 0.4) is 0 Å². The van der Waals surface area contributed by atoms with Crippen LogP contribution >= 0.6 is 0 Å². The molecule has 2 aliphatic heterocycles. The van der Waals surface area contributed by atoms with Gasteiger partial charge in [-0.15, -0.1) is 0 Å². The summed E-state index contributed by atoms with van der Waals surface area (Å²) in [7, 11) is 1.65. The molecule has 0 radical (unpaired) electrons. The fourth-order valence-corrected chi connectivity index (χ4v) is 3.69. The van der Waals surface area contributed by atoms with E-state index in [1.54, 1.807) is 7.11 Å². The minimum absolute atomic E-state index is 0.0137. The van der Waals surface area contributed by atoms with Crippen LogP contribution in [0.15, 0.2) is 18.2 Å². The summed E-state index contributed by atoms with van der Waals surface area (Å²) in [5.41, 5.74) is 1.07. The number of urea groups is 1. The van der Waals surface area contributed by atoms with Crippen molar-refractivity contribution in [1.29, 1.82) is 0 Å². The summed E-state index contributed by atoms with van der Waals surface area (Å²) in [5, 5.41) is 5.99. The SMILES string of the molecule is COc1ccc2c(c1)C[C@H](NC(=O)NCCCN1CCCCCC1)CO2. The van der Waals surface area contributed by atoms with Crippen LogP contribution in [0, 0.1) is 0 Å². The van der Waals surface area contributed by atoms with Crippen molar-refractivity contribution in [2.24, 2.45) is 0 Å². The number of methoxy groups -OCH3 is 1. The van der Waals surface area contributed by atoms with Gasteiger partial charge in [-0.3, -0.25) is 0 Å². The highest BCUT2D eigenvalue weighted by molar-refractivity contribution is 5.74. The molecule has 6 nitrogen and oxygen atoms in total. The number of fused-ring (bicyclic) bond motifs is 1. The molecular formula is C20H31N3O3. The fourth-order valence-electron chi connectivity index (χ4n) is 3.69. The van der Waals surface area contributed by atoms with Crippen molar-refractivity contribution < 1.29 is 14.3 Å². The Labute approximate surface area is 156 Å². The van der Waals surface area contributed by atoms with E-state index in [0.29, 0.717) is 13.2 Å². The second kappa shape index (κ2) is 9.67. The molecule has 2 heterocycles. The molecule has 144 valence electrons. The Bertz CT molecular complexity index is 586. The average molecular weight is 361 g/mol. The molecule has 2 N–H and O–H groups in total. The molecule has 1 aromatic carbocycles. The molecule has 0 spiro atoms. The number of ether oxygens (including phenoxy) is 2. The topological polar surface area (TPSA) is 62.8 Å². The van der Waals surface area contributed by atoms with E-state index in [1.807, 2.05) is 18.2 Å². The van der Waals surface area contributed by atoms with Crippen LogP contribution in [0.1, 0.15) is 37.7 Å². The maximum absolute atomic E-state index is 12.1. The molecule has 1 saturated heterocycles. The standard InChI is InChI=1S/C20H31N3O3/c1-25-18-7-8-19-16(14-18)13-17(15-26-19)22-20(24)21-9-6-12-23-10-4-2-3-5-11-23/h7-8,14,17H,2-6,9-13,15H2,1H3,(H2,21,22,24)/t17-/m0/s1. The van der Waals surface area contributed by atoms with Gasteiger partial charge in [0.05, 0.1) is 13.2 Å². The van der Waals surface area contributed by atoms with Gasteiger partial charge >= 0.3 is 6.03 Å². The average Bonchev–Trinajstić information content (AvgIpc) is 2.93. The lowest BCUT2D eigenvalue weighted by molar-refractivity contribution is 0.213. The Morgan fingerprint density at radius 2 is 2.08 bits per heavy atom. The zero-order valence-electron chi connectivity index (χ0n) is 15.8. The maximum Gasteiger partial charge on any atom is 0.315 e. The molecule has 2 amide bonds. The molecular weight excluding hydrogens is 330 g/mol. The largest absolute Gasteiger partial charge is 0.497 e. The van der Waals surface area contributed by atoms with Crippen LogP contribution in [0.5, 0.6) is 11.5 Å². The van der Waals surface area contributed by atoms with Gasteiger partial charge in [-0.05, 0) is 69.1 Å². The Balaban J connectivity index is 1.35. The Kier molecular flexibility index (Phi) is 7.00. The lowest BCUT2D eigenvalue weighted by Gasteiger charge is -2.26. The van der Waals surface area contributed by atoms with Crippen LogP contribution < -0.4 is 20.1 Å². The number of rotatable bonds is 6. The number of likely N-dealkylation sites (tertiary alicyclic amines) is 1. The van der Waals surface area contributed by atoms with E-state index in [-0.39, 0.29) is 12.1 Å². The first kappa shape index (κ1) is 18.8. The van der Waals surface area contributed by atoms with Gasteiger partial charge in [-0.25, -0.2) is 4.79 Å². The van der Waals surface area contributed by atoms with Gasteiger partial charge in [-0.1, -0.05) is 12.8 Å². The molecule has 1 aromatic rings. The molecule has 3 rings (SSSR count). The highest BCUT2D eigenvalue weighted by Gasteiger charge is 2.21. The first-order chi connectivity index (χ1) is 12.7. The Hall–Kier alpha value is -1.95. The van der Waals surface area contributed by atoms with Crippen molar-refractivity contribution in [3.8, 4) is 11.5 Å². The summed E-state index contributed by atoms with van der Waals surface area (Å²) in [6.07, 6.45) is 7.08. The number of nitrogens with one attached hydrogen (secondary N) is 2. The molecule has 0 bridgehead atoms. The van der Waals surface area contributed by atoms with E-state index in [1.165, 1.54) is 38.8 Å². The minimum Gasteiger partial charge on any atom is -0.497 e. The molecule has 1 fully saturated rings. The van der Waals surface area contributed by atoms with E-state index < -0.39 is 0 Å². The number of hydrogen-bond donors (Lipinski definition) is 2. The van der Waals surface area contributed by atoms with Gasteiger partial charge in [0, 0.05) is 6.54 Å². The van der Waals surface area contributed by atoms with Gasteiger partial charge in [-0.2, -0.15) is 0 Å². The summed E-state index contributed by atoms with van der Waals surface area (Å²) in [5.74, 6) is 1.69. The van der Waals surface area contributed by atoms with Crippen molar-refractivity contribution >= 4 is 6.03 Å². The zero-order valence-corrected chi connectivity index (χ0v) is 15.8. The molecule has 0 aliphatic carbocycles. The van der Waals surface area contributed by atoms with Crippen LogP contribution in [0.25, 0.3) is 0 Å². The van der Waals surface area contributed by atoms with Gasteiger partial charge < -0.3 is 25.0 Å². The van der Waals surface area contributed by atoms with Crippen molar-refractivity contribution in [2.75, 3.05) is 39.9 Å². The molecule has 0 aromatic heterocycles. The van der Waals surface area contributed by atoms with Gasteiger partial charge in [0.15, 0.2) is 0 Å². The highest BCUT2D eigenvalue weighted by atomic mass is 16.5. The van der Waals surface area contributed by atoms with E-state index in [9.17, 15) is 4.79 Å². The van der Waals surface area contributed by atoms with Gasteiger partial charge in [0.2, 0.25) is 0 Å². The number of carbonyl (C=O) groups is 1. The molecule has 2 aliphatic rings. The lowest BCUT2D eigenvalue weighted by Crippen LogP contribution is -2.47. The molecule has 1 atom stereocenters. The molecule has 6 heteroatoms. The summed E-state index contributed by atoms with van der Waals surface area (Å²) < 4.78 is 11.0. The van der Waals surface area contributed by atoms with Gasteiger partial charge in [0.1, 0.15) is 18.1 Å². The van der Waals surface area contributed by atoms with Crippen molar-refractivity contribution in [1.82, 2.24) is 15.5 Å². The molecule has 26 heavy (non-hydrogen) atoms. The first-order valence-corrected chi connectivity index (χ1v) is 9.81. The second-order valence-corrected chi connectivity index (χ2v) is 7.20. The third kappa shape index (κ3) is 5.53. The van der Waals surface area contributed by atoms with E-state index in [2.05, 4.69) is 15.5 Å². The first-order valence-electron chi connectivity index (χ1n) is 9.81. The predicted molar refractivity (Wildman–Crippen MR) is 102 cm³/mol. The maximum atomic E-state index is 12.1. The highest BCUT2D eigenvalue weighted by Crippen LogP contribution is 2.28.